The molecule has 0 aliphatic carbocycles. The molecule has 0 atom stereocenters. The molecule has 0 unspecified atom stereocenters. The first kappa shape index (κ1) is 17.2. The van der Waals surface area contributed by atoms with E-state index in [0.29, 0.717) is 11.8 Å². The van der Waals surface area contributed by atoms with Gasteiger partial charge in [0.2, 0.25) is 0 Å². The molecule has 4 rings (SSSR count). The first-order valence-electron chi connectivity index (χ1n) is 8.27. The lowest BCUT2D eigenvalue weighted by molar-refractivity contribution is 0.0893. The van der Waals surface area contributed by atoms with Crippen LogP contribution in [-0.4, -0.2) is 26.1 Å². The third kappa shape index (κ3) is 3.05. The minimum Gasteiger partial charge on any atom is -0.279 e. The van der Waals surface area contributed by atoms with Gasteiger partial charge < -0.3 is 0 Å². The molecule has 0 bridgehead atoms. The van der Waals surface area contributed by atoms with Crippen molar-refractivity contribution in [3.05, 3.63) is 72.1 Å². The number of hydrogen-bond acceptors (Lipinski definition) is 3. The second kappa shape index (κ2) is 6.19. The maximum absolute atomic E-state index is 14.3. The third-order valence-electron chi connectivity index (χ3n) is 4.48. The van der Waals surface area contributed by atoms with E-state index in [0.717, 1.165) is 35.4 Å². The molecule has 0 saturated heterocycles. The van der Waals surface area contributed by atoms with Crippen molar-refractivity contribution in [2.45, 2.75) is 19.3 Å². The van der Waals surface area contributed by atoms with Crippen molar-refractivity contribution in [3.8, 4) is 0 Å². The number of aromatic nitrogens is 4. The van der Waals surface area contributed by atoms with E-state index in [1.807, 2.05) is 6.07 Å². The third-order valence-corrected chi connectivity index (χ3v) is 4.48. The fraction of sp³-hybridized carbons (Fsp3) is 0.150. The van der Waals surface area contributed by atoms with Gasteiger partial charge in [-0.05, 0) is 23.8 Å². The van der Waals surface area contributed by atoms with Crippen molar-refractivity contribution in [2.75, 3.05) is 0 Å². The molecule has 3 heterocycles. The number of alkyl halides is 2. The molecule has 0 saturated carbocycles. The first-order valence-corrected chi connectivity index (χ1v) is 8.27. The lowest BCUT2D eigenvalue weighted by Gasteiger charge is -2.15. The van der Waals surface area contributed by atoms with E-state index in [-0.39, 0.29) is 11.1 Å². The minimum absolute atomic E-state index is 0.000827. The van der Waals surface area contributed by atoms with Crippen LogP contribution in [0.1, 0.15) is 23.9 Å². The van der Waals surface area contributed by atoms with Gasteiger partial charge in [-0.3, -0.25) is 15.1 Å². The topological polar surface area (TPSA) is 54.5 Å². The molecule has 0 spiro atoms. The van der Waals surface area contributed by atoms with Crippen LogP contribution >= 0.6 is 0 Å². The summed E-state index contributed by atoms with van der Waals surface area (Å²) < 4.78 is 41.6. The van der Waals surface area contributed by atoms with E-state index in [1.165, 1.54) is 0 Å². The Kier molecular flexibility index (Phi) is 3.95. The standard InChI is InChI=1S/C20H15F3N4/c1-11(20(2,22)23)18-13-6-5-12(8-14(13)15(21)10-25-18)9-17-19-16(26-27-17)4-3-7-24-19/h3-8,10H,1,9H2,2H3,(H,26,27). The van der Waals surface area contributed by atoms with Crippen molar-refractivity contribution in [1.82, 2.24) is 20.2 Å². The Morgan fingerprint density at radius 2 is 2.00 bits per heavy atom. The molecule has 1 aromatic carbocycles. The predicted octanol–water partition coefficient (Wildman–Crippen LogP) is 4.90. The minimum atomic E-state index is -3.14. The van der Waals surface area contributed by atoms with Gasteiger partial charge in [-0.1, -0.05) is 18.7 Å². The molecule has 0 aliphatic heterocycles. The Morgan fingerprint density at radius 3 is 2.78 bits per heavy atom. The number of halogens is 3. The lowest BCUT2D eigenvalue weighted by Crippen LogP contribution is -2.13. The molecule has 4 aromatic rings. The molecule has 4 nitrogen and oxygen atoms in total. The average molecular weight is 368 g/mol. The number of benzene rings is 1. The summed E-state index contributed by atoms with van der Waals surface area (Å²) in [5, 5.41) is 7.66. The Morgan fingerprint density at radius 1 is 1.19 bits per heavy atom. The molecule has 0 amide bonds. The van der Waals surface area contributed by atoms with Crippen molar-refractivity contribution < 1.29 is 13.2 Å². The molecular formula is C20H15F3N4. The van der Waals surface area contributed by atoms with Crippen LogP contribution in [0.4, 0.5) is 13.2 Å². The Balaban J connectivity index is 1.78. The highest BCUT2D eigenvalue weighted by Crippen LogP contribution is 2.34. The summed E-state index contributed by atoms with van der Waals surface area (Å²) in [6, 6.07) is 8.62. The number of aromatic amines is 1. The SMILES string of the molecule is C=C(c1ncc(F)c2cc(Cc3[nH]nc4cccnc34)ccc12)C(C)(F)F. The zero-order chi connectivity index (χ0) is 19.2. The van der Waals surface area contributed by atoms with Crippen LogP contribution in [0.2, 0.25) is 0 Å². The normalized spacial score (nSPS) is 12.0. The van der Waals surface area contributed by atoms with Crippen molar-refractivity contribution in [1.29, 1.82) is 0 Å². The number of hydrogen-bond donors (Lipinski definition) is 1. The molecule has 3 aromatic heterocycles. The summed E-state index contributed by atoms with van der Waals surface area (Å²) in [6.45, 7) is 4.18. The number of nitrogens with one attached hydrogen (secondary N) is 1. The van der Waals surface area contributed by atoms with E-state index in [1.54, 1.807) is 30.5 Å². The molecule has 136 valence electrons. The van der Waals surface area contributed by atoms with Crippen LogP contribution in [0, 0.1) is 5.82 Å². The van der Waals surface area contributed by atoms with Crippen LogP contribution in [-0.2, 0) is 6.42 Å². The van der Waals surface area contributed by atoms with E-state index in [4.69, 9.17) is 0 Å². The molecule has 0 aliphatic rings. The second-order valence-corrected chi connectivity index (χ2v) is 6.45. The van der Waals surface area contributed by atoms with Gasteiger partial charge in [-0.2, -0.15) is 5.10 Å². The van der Waals surface area contributed by atoms with Crippen LogP contribution < -0.4 is 0 Å². The molecule has 0 radical (unpaired) electrons. The van der Waals surface area contributed by atoms with Gasteiger partial charge in [0.05, 0.1) is 17.6 Å². The van der Waals surface area contributed by atoms with Gasteiger partial charge in [-0.25, -0.2) is 13.2 Å². The van der Waals surface area contributed by atoms with E-state index in [2.05, 4.69) is 26.7 Å². The molecule has 0 fully saturated rings. The second-order valence-electron chi connectivity index (χ2n) is 6.45. The van der Waals surface area contributed by atoms with E-state index in [9.17, 15) is 13.2 Å². The molecule has 7 heteroatoms. The van der Waals surface area contributed by atoms with Gasteiger partial charge in [0.25, 0.3) is 5.92 Å². The Bertz CT molecular complexity index is 1170. The highest BCUT2D eigenvalue weighted by Gasteiger charge is 2.29. The molecule has 1 N–H and O–H groups in total. The van der Waals surface area contributed by atoms with Crippen LogP contribution in [0.5, 0.6) is 0 Å². The summed E-state index contributed by atoms with van der Waals surface area (Å²) in [7, 11) is 0. The number of nitrogens with zero attached hydrogens (tertiary/aromatic N) is 3. The average Bonchev–Trinajstić information content (AvgIpc) is 3.04. The maximum atomic E-state index is 14.3. The summed E-state index contributed by atoms with van der Waals surface area (Å²) >= 11 is 0. The van der Waals surface area contributed by atoms with Crippen molar-refractivity contribution >= 4 is 27.4 Å². The van der Waals surface area contributed by atoms with E-state index < -0.39 is 17.3 Å². The van der Waals surface area contributed by atoms with Crippen LogP contribution in [0.3, 0.4) is 0 Å². The number of fused-ring (bicyclic) bond motifs is 2. The maximum Gasteiger partial charge on any atom is 0.272 e. The smallest absolute Gasteiger partial charge is 0.272 e. The van der Waals surface area contributed by atoms with Gasteiger partial charge in [-0.15, -0.1) is 0 Å². The quantitative estimate of drug-likeness (QED) is 0.557. The van der Waals surface area contributed by atoms with Gasteiger partial charge in [0, 0.05) is 35.9 Å². The summed E-state index contributed by atoms with van der Waals surface area (Å²) in [6.07, 6.45) is 3.08. The summed E-state index contributed by atoms with van der Waals surface area (Å²) in [4.78, 5) is 8.15. The highest BCUT2D eigenvalue weighted by molar-refractivity contribution is 5.93. The number of allylic oxidation sites excluding steroid dienone is 1. The zero-order valence-corrected chi connectivity index (χ0v) is 14.4. The summed E-state index contributed by atoms with van der Waals surface area (Å²) in [5.74, 6) is -3.72. The summed E-state index contributed by atoms with van der Waals surface area (Å²) in [5.41, 5.74) is 2.64. The van der Waals surface area contributed by atoms with Crippen LogP contribution in [0.25, 0.3) is 27.4 Å². The fourth-order valence-corrected chi connectivity index (χ4v) is 3.04. The molecule has 27 heavy (non-hydrogen) atoms. The van der Waals surface area contributed by atoms with Crippen molar-refractivity contribution in [3.63, 3.8) is 0 Å². The Hall–Kier alpha value is -3.22. The molecular weight excluding hydrogens is 353 g/mol. The fourth-order valence-electron chi connectivity index (χ4n) is 3.04. The zero-order valence-electron chi connectivity index (χ0n) is 14.4. The van der Waals surface area contributed by atoms with Gasteiger partial charge in [0.15, 0.2) is 0 Å². The predicted molar refractivity (Wildman–Crippen MR) is 98.1 cm³/mol. The lowest BCUT2D eigenvalue weighted by atomic mass is 9.98. The number of pyridine rings is 2. The highest BCUT2D eigenvalue weighted by atomic mass is 19.3. The monoisotopic (exact) mass is 368 g/mol. The Labute approximate surface area is 152 Å². The first-order chi connectivity index (χ1) is 12.8. The van der Waals surface area contributed by atoms with Gasteiger partial charge >= 0.3 is 0 Å². The van der Waals surface area contributed by atoms with Crippen LogP contribution in [0.15, 0.2) is 49.3 Å². The largest absolute Gasteiger partial charge is 0.279 e. The number of rotatable bonds is 4. The van der Waals surface area contributed by atoms with Crippen molar-refractivity contribution in [2.24, 2.45) is 0 Å². The van der Waals surface area contributed by atoms with E-state index >= 15 is 0 Å². The number of H-pyrrole nitrogens is 1. The van der Waals surface area contributed by atoms with Gasteiger partial charge in [0.1, 0.15) is 16.9 Å².